The summed E-state index contributed by atoms with van der Waals surface area (Å²) in [6, 6.07) is 18.9. The number of hydrogen-bond acceptors (Lipinski definition) is 12. The Kier molecular flexibility index (Phi) is 12.8. The summed E-state index contributed by atoms with van der Waals surface area (Å²) in [7, 11) is 3.19. The number of para-hydroxylation sites is 1. The summed E-state index contributed by atoms with van der Waals surface area (Å²) >= 11 is 6.46. The van der Waals surface area contributed by atoms with Crippen molar-refractivity contribution in [3.8, 4) is 5.75 Å². The van der Waals surface area contributed by atoms with Gasteiger partial charge in [0.25, 0.3) is 5.91 Å². The average molecular weight is 823 g/mol. The van der Waals surface area contributed by atoms with E-state index in [0.717, 1.165) is 42.9 Å². The number of nitrogens with zero attached hydrogens (tertiary/aromatic N) is 5. The van der Waals surface area contributed by atoms with Gasteiger partial charge in [-0.25, -0.2) is 4.98 Å². The van der Waals surface area contributed by atoms with Crippen LogP contribution in [0.4, 0.5) is 34.5 Å². The normalized spacial score (nSPS) is 18.9. The topological polar surface area (TPSA) is 173 Å². The van der Waals surface area contributed by atoms with Crippen molar-refractivity contribution in [3.63, 3.8) is 0 Å². The van der Waals surface area contributed by atoms with E-state index in [1.165, 1.54) is 11.8 Å². The number of piperazine rings is 1. The lowest BCUT2D eigenvalue weighted by molar-refractivity contribution is -0.135. The van der Waals surface area contributed by atoms with Crippen LogP contribution in [0.25, 0.3) is 0 Å². The number of carbonyl (C=O) groups is 4. The van der Waals surface area contributed by atoms with Crippen molar-refractivity contribution >= 4 is 69.7 Å². The highest BCUT2D eigenvalue weighted by atomic mass is 35.5. The Morgan fingerprint density at radius 1 is 0.966 bits per heavy atom. The van der Waals surface area contributed by atoms with E-state index in [1.54, 1.807) is 32.4 Å². The van der Waals surface area contributed by atoms with Crippen LogP contribution >= 0.6 is 11.6 Å². The molecule has 310 valence electrons. The number of piperidine rings is 2. The van der Waals surface area contributed by atoms with Crippen molar-refractivity contribution in [2.45, 2.75) is 57.5 Å². The van der Waals surface area contributed by atoms with Crippen LogP contribution in [0.1, 0.15) is 60.0 Å². The van der Waals surface area contributed by atoms with Crippen molar-refractivity contribution in [3.05, 3.63) is 88.6 Å². The van der Waals surface area contributed by atoms with Crippen LogP contribution in [0.3, 0.4) is 0 Å². The zero-order valence-corrected chi connectivity index (χ0v) is 34.6. The predicted octanol–water partition coefficient (Wildman–Crippen LogP) is 5.43. The second-order valence-electron chi connectivity index (χ2n) is 15.3. The van der Waals surface area contributed by atoms with Gasteiger partial charge in [0.05, 0.1) is 36.8 Å². The van der Waals surface area contributed by atoms with E-state index in [1.807, 2.05) is 42.2 Å². The summed E-state index contributed by atoms with van der Waals surface area (Å²) in [5.74, 6) is 1.06. The quantitative estimate of drug-likeness (QED) is 0.115. The number of likely N-dealkylation sites (tertiary alicyclic amines) is 1. The predicted molar refractivity (Wildman–Crippen MR) is 229 cm³/mol. The Morgan fingerprint density at radius 2 is 1.73 bits per heavy atom. The number of methoxy groups -OCH3 is 1. The standard InChI is InChI=1S/C43H51ClN10O5/c1-26-21-35(49-43-46-23-32(44)40(51-43)48-33-8-6-5-7-31(33)41(57)45-3)37(59-4)22-36(26)53-19-20-54(27(2)24-53)39(56)25-52-17-15-29(16-18-52)28-9-11-30(12-10-28)47-34-13-14-38(55)50-42(34)58/h5-12,21-23,27,29,34,47H,13-20,24-25H2,1-4H3,(H,45,57)(H,50,55,58)(H2,46,48,49,51). The number of halogens is 1. The van der Waals surface area contributed by atoms with Crippen LogP contribution < -0.4 is 36.2 Å². The van der Waals surface area contributed by atoms with Gasteiger partial charge in [-0.2, -0.15) is 4.98 Å². The molecule has 4 amide bonds. The third-order valence-electron chi connectivity index (χ3n) is 11.4. The van der Waals surface area contributed by atoms with Crippen LogP contribution in [0.5, 0.6) is 5.75 Å². The van der Waals surface area contributed by atoms with Gasteiger partial charge in [0.1, 0.15) is 16.8 Å². The number of carbonyl (C=O) groups excluding carboxylic acids is 4. The first-order valence-corrected chi connectivity index (χ1v) is 20.4. The lowest BCUT2D eigenvalue weighted by atomic mass is 9.89. The molecular formula is C43H51ClN10O5. The smallest absolute Gasteiger partial charge is 0.253 e. The first-order valence-electron chi connectivity index (χ1n) is 20.0. The zero-order chi connectivity index (χ0) is 41.6. The van der Waals surface area contributed by atoms with Crippen LogP contribution in [0, 0.1) is 6.92 Å². The Bertz CT molecular complexity index is 2200. The number of ether oxygens (including phenoxy) is 1. The van der Waals surface area contributed by atoms with E-state index in [-0.39, 0.29) is 29.7 Å². The maximum Gasteiger partial charge on any atom is 0.253 e. The lowest BCUT2D eigenvalue weighted by Crippen LogP contribution is -2.56. The van der Waals surface area contributed by atoms with Gasteiger partial charge in [0.2, 0.25) is 23.7 Å². The minimum absolute atomic E-state index is 0.0196. The van der Waals surface area contributed by atoms with E-state index in [0.29, 0.717) is 84.4 Å². The molecule has 1 aromatic heterocycles. The molecule has 2 atom stereocenters. The number of benzene rings is 3. The summed E-state index contributed by atoms with van der Waals surface area (Å²) in [6.07, 6.45) is 4.26. The van der Waals surface area contributed by atoms with Crippen LogP contribution in [-0.2, 0) is 14.4 Å². The zero-order valence-electron chi connectivity index (χ0n) is 33.8. The first-order chi connectivity index (χ1) is 28.5. The van der Waals surface area contributed by atoms with Crippen molar-refractivity contribution in [1.82, 2.24) is 30.4 Å². The molecule has 0 saturated carbocycles. The van der Waals surface area contributed by atoms with Crippen molar-refractivity contribution in [2.24, 2.45) is 0 Å². The molecule has 3 aromatic carbocycles. The van der Waals surface area contributed by atoms with Crippen molar-refractivity contribution in [1.29, 1.82) is 0 Å². The van der Waals surface area contributed by atoms with Gasteiger partial charge in [0.15, 0.2) is 5.82 Å². The second-order valence-corrected chi connectivity index (χ2v) is 15.7. The molecule has 4 heterocycles. The number of rotatable bonds is 12. The van der Waals surface area contributed by atoms with Crippen LogP contribution in [0.2, 0.25) is 5.02 Å². The van der Waals surface area contributed by atoms with Gasteiger partial charge in [-0.05, 0) is 93.6 Å². The number of aromatic nitrogens is 2. The summed E-state index contributed by atoms with van der Waals surface area (Å²) < 4.78 is 5.83. The molecule has 0 aliphatic carbocycles. The third-order valence-corrected chi connectivity index (χ3v) is 11.6. The van der Waals surface area contributed by atoms with Gasteiger partial charge >= 0.3 is 0 Å². The van der Waals surface area contributed by atoms with Gasteiger partial charge in [-0.3, -0.25) is 29.4 Å². The Labute approximate surface area is 349 Å². The fourth-order valence-electron chi connectivity index (χ4n) is 8.11. The molecular weight excluding hydrogens is 772 g/mol. The summed E-state index contributed by atoms with van der Waals surface area (Å²) in [6.45, 7) is 8.26. The molecule has 3 saturated heterocycles. The molecule has 0 radical (unpaired) electrons. The van der Waals surface area contributed by atoms with E-state index in [9.17, 15) is 19.2 Å². The van der Waals surface area contributed by atoms with Crippen molar-refractivity contribution < 1.29 is 23.9 Å². The largest absolute Gasteiger partial charge is 0.494 e. The molecule has 3 aliphatic rings. The summed E-state index contributed by atoms with van der Waals surface area (Å²) in [4.78, 5) is 65.2. The molecule has 0 bridgehead atoms. The Morgan fingerprint density at radius 3 is 2.44 bits per heavy atom. The van der Waals surface area contributed by atoms with E-state index < -0.39 is 6.04 Å². The molecule has 7 rings (SSSR count). The minimum atomic E-state index is -0.405. The number of aryl methyl sites for hydroxylation is 1. The number of amides is 4. The molecule has 3 aliphatic heterocycles. The molecule has 0 spiro atoms. The second kappa shape index (κ2) is 18.3. The fraction of sp³-hybridized carbons (Fsp3) is 0.395. The molecule has 3 fully saturated rings. The average Bonchev–Trinajstić information content (AvgIpc) is 3.23. The van der Waals surface area contributed by atoms with Gasteiger partial charge in [-0.15, -0.1) is 0 Å². The lowest BCUT2D eigenvalue weighted by Gasteiger charge is -2.42. The highest BCUT2D eigenvalue weighted by Crippen LogP contribution is 2.36. The summed E-state index contributed by atoms with van der Waals surface area (Å²) in [5.41, 5.74) is 5.85. The van der Waals surface area contributed by atoms with E-state index in [4.69, 9.17) is 16.3 Å². The SMILES string of the molecule is CNC(=O)c1ccccc1Nc1nc(Nc2cc(C)c(N3CCN(C(=O)CN4CCC(c5ccc(NC6CCC(=O)NC6=O)cc5)CC4)C(C)C3)cc2OC)ncc1Cl. The number of nitrogens with one attached hydrogen (secondary N) is 5. The van der Waals surface area contributed by atoms with Gasteiger partial charge in [-0.1, -0.05) is 35.9 Å². The molecule has 59 heavy (non-hydrogen) atoms. The van der Waals surface area contributed by atoms with Gasteiger partial charge in [0, 0.05) is 56.6 Å². The molecule has 2 unspecified atom stereocenters. The fourth-order valence-corrected chi connectivity index (χ4v) is 8.25. The molecule has 5 N–H and O–H groups in total. The monoisotopic (exact) mass is 822 g/mol. The Balaban J connectivity index is 0.915. The number of hydrogen-bond donors (Lipinski definition) is 5. The van der Waals surface area contributed by atoms with Gasteiger partial charge < -0.3 is 35.8 Å². The van der Waals surface area contributed by atoms with E-state index in [2.05, 4.69) is 65.4 Å². The maximum atomic E-state index is 13.6. The highest BCUT2D eigenvalue weighted by Gasteiger charge is 2.31. The Hall–Kier alpha value is -5.93. The highest BCUT2D eigenvalue weighted by molar-refractivity contribution is 6.33. The number of anilines is 6. The maximum absolute atomic E-state index is 13.6. The molecule has 15 nitrogen and oxygen atoms in total. The van der Waals surface area contributed by atoms with E-state index >= 15 is 0 Å². The third kappa shape index (κ3) is 9.69. The molecule has 16 heteroatoms. The van der Waals surface area contributed by atoms with Crippen LogP contribution in [-0.4, -0.2) is 109 Å². The van der Waals surface area contributed by atoms with Crippen LogP contribution in [0.15, 0.2) is 66.9 Å². The summed E-state index contributed by atoms with van der Waals surface area (Å²) in [5, 5.41) is 15.0. The first kappa shape index (κ1) is 41.2. The number of imide groups is 1. The minimum Gasteiger partial charge on any atom is -0.494 e. The van der Waals surface area contributed by atoms with Crippen molar-refractivity contribution in [2.75, 3.05) is 74.3 Å². The molecule has 4 aromatic rings.